The van der Waals surface area contributed by atoms with E-state index in [1.807, 2.05) is 0 Å². The lowest BCUT2D eigenvalue weighted by Crippen LogP contribution is -2.48. The van der Waals surface area contributed by atoms with Crippen LogP contribution in [0.15, 0.2) is 18.2 Å². The maximum atomic E-state index is 15.8. The molecule has 0 heterocycles. The second kappa shape index (κ2) is 11.9. The van der Waals surface area contributed by atoms with Gasteiger partial charge in [-0.2, -0.15) is 4.39 Å². The van der Waals surface area contributed by atoms with E-state index in [4.69, 9.17) is 9.31 Å². The van der Waals surface area contributed by atoms with Crippen molar-refractivity contribution in [3.63, 3.8) is 0 Å². The van der Waals surface area contributed by atoms with Gasteiger partial charge in [0.15, 0.2) is 105 Å². The summed E-state index contributed by atoms with van der Waals surface area (Å²) in [5.74, 6) is -50.5. The summed E-state index contributed by atoms with van der Waals surface area (Å²) in [5.41, 5.74) is -2.37. The zero-order valence-corrected chi connectivity index (χ0v) is 24.4. The predicted molar refractivity (Wildman–Crippen MR) is 146 cm³/mol. The van der Waals surface area contributed by atoms with Gasteiger partial charge in [0.1, 0.15) is 11.6 Å². The van der Waals surface area contributed by atoms with Gasteiger partial charge in [-0.25, -0.2) is 74.6 Å². The normalized spacial score (nSPS) is 12.0. The molecule has 0 atom stereocenters. The van der Waals surface area contributed by atoms with E-state index < -0.39 is 172 Å². The van der Waals surface area contributed by atoms with Crippen LogP contribution in [0.5, 0.6) is 11.5 Å². The zero-order valence-electron chi connectivity index (χ0n) is 24.4. The molecule has 0 aliphatic heterocycles. The Morgan fingerprint density at radius 3 is 1.25 bits per heavy atom. The molecule has 0 bridgehead atoms. The minimum absolute atomic E-state index is 0.0349. The Hall–Kier alpha value is -5.76. The number of hydrogen-bond donors (Lipinski definition) is 0. The molecule has 0 spiro atoms. The summed E-state index contributed by atoms with van der Waals surface area (Å²) in [6.07, 6.45) is 0. The van der Waals surface area contributed by atoms with Gasteiger partial charge in [-0.1, -0.05) is 0 Å². The molecule has 0 amide bonds. The van der Waals surface area contributed by atoms with Gasteiger partial charge in [-0.3, -0.25) is 0 Å². The minimum Gasteiger partial charge on any atom is -0.521 e. The quantitative estimate of drug-likeness (QED) is 0.0571. The third-order valence-electron chi connectivity index (χ3n) is 8.16. The third kappa shape index (κ3) is 4.67. The fraction of sp³-hybridized carbons (Fsp3) is 0. The molecule has 0 saturated carbocycles. The summed E-state index contributed by atoms with van der Waals surface area (Å²) >= 11 is 0. The molecule has 53 heavy (non-hydrogen) atoms. The highest BCUT2D eigenvalue weighted by Gasteiger charge is 2.43. The SMILES string of the molecule is Fc1cc2c(OB(Oc3c(F)c(F)c4c(F)c(F)c5c(F)c(F)c(F)c6c(F)c(F)c3c4c56)c3c(F)c(F)c(F)c(F)c3F)ccc(F)c2c(F)c1F. The number of halogens is 18. The number of hydrogen-bond acceptors (Lipinski definition) is 2. The van der Waals surface area contributed by atoms with Crippen molar-refractivity contribution in [1.29, 1.82) is 0 Å². The highest BCUT2D eigenvalue weighted by Crippen LogP contribution is 2.48. The lowest BCUT2D eigenvalue weighted by Gasteiger charge is -2.23. The van der Waals surface area contributed by atoms with Crippen LogP contribution in [-0.2, 0) is 0 Å². The Kier molecular flexibility index (Phi) is 7.99. The van der Waals surface area contributed by atoms with Gasteiger partial charge in [-0.15, -0.1) is 0 Å². The molecule has 0 unspecified atom stereocenters. The first-order valence-corrected chi connectivity index (χ1v) is 13.8. The van der Waals surface area contributed by atoms with E-state index in [1.54, 1.807) is 0 Å². The standard InChI is InChI=1S/C32H3BF18O2/c34-5-1-2-7(4-3-6(35)16(36)17(37)8(4)5)52-33(15-25(45)28(48)30(50)29(49)26(15)46)53-32-14-10-9-11(18(38)19(39)13(10)23(43)31(32)51)21(41)27(47)22(42)12(9)20(40)24(14)44/h1-3H. The molecule has 0 aliphatic rings. The summed E-state index contributed by atoms with van der Waals surface area (Å²) in [5, 5.41) is -14.4. The van der Waals surface area contributed by atoms with Crippen LogP contribution in [-0.4, -0.2) is 7.12 Å². The van der Waals surface area contributed by atoms with Gasteiger partial charge in [0.25, 0.3) is 0 Å². The number of fused-ring (bicyclic) bond motifs is 1. The van der Waals surface area contributed by atoms with Crippen molar-refractivity contribution in [3.05, 3.63) is 123 Å². The van der Waals surface area contributed by atoms with Crippen molar-refractivity contribution < 1.29 is 88.3 Å². The van der Waals surface area contributed by atoms with Gasteiger partial charge < -0.3 is 9.31 Å². The van der Waals surface area contributed by atoms with E-state index in [0.717, 1.165) is 0 Å². The monoisotopic (exact) mass is 772 g/mol. The first-order chi connectivity index (χ1) is 24.8. The predicted octanol–water partition coefficient (Wildman–Crippen LogP) is 10.1. The van der Waals surface area contributed by atoms with Crippen molar-refractivity contribution in [2.45, 2.75) is 0 Å². The highest BCUT2D eigenvalue weighted by atomic mass is 19.2. The Balaban J connectivity index is 1.61. The molecule has 2 nitrogen and oxygen atoms in total. The molecule has 21 heteroatoms. The van der Waals surface area contributed by atoms with Crippen LogP contribution in [0.2, 0.25) is 0 Å². The van der Waals surface area contributed by atoms with Crippen molar-refractivity contribution in [3.8, 4) is 11.5 Å². The van der Waals surface area contributed by atoms with Crippen LogP contribution in [0.1, 0.15) is 0 Å². The van der Waals surface area contributed by atoms with Crippen LogP contribution in [0.25, 0.3) is 43.1 Å². The summed E-state index contributed by atoms with van der Waals surface area (Å²) in [6, 6.07) is 0.460. The maximum Gasteiger partial charge on any atom is 0.639 e. The lowest BCUT2D eigenvalue weighted by molar-refractivity contribution is 0.372. The molecule has 0 fully saturated rings. The van der Waals surface area contributed by atoms with E-state index in [1.165, 1.54) is 0 Å². The fourth-order valence-corrected chi connectivity index (χ4v) is 5.85. The highest BCUT2D eigenvalue weighted by molar-refractivity contribution is 6.63. The molecule has 7 rings (SSSR count). The second-order valence-electron chi connectivity index (χ2n) is 10.9. The minimum atomic E-state index is -3.60. The molecule has 0 radical (unpaired) electrons. The average Bonchev–Trinajstić information content (AvgIpc) is 3.11. The summed E-state index contributed by atoms with van der Waals surface area (Å²) in [7, 11) is -3.60. The van der Waals surface area contributed by atoms with Gasteiger partial charge in [0.05, 0.1) is 32.4 Å². The molecular formula is C32H3BF18O2. The van der Waals surface area contributed by atoms with E-state index in [2.05, 4.69) is 0 Å². The maximum absolute atomic E-state index is 15.8. The smallest absolute Gasteiger partial charge is 0.521 e. The van der Waals surface area contributed by atoms with Crippen LogP contribution >= 0.6 is 0 Å². The van der Waals surface area contributed by atoms with Gasteiger partial charge in [0.2, 0.25) is 0 Å². The van der Waals surface area contributed by atoms with Crippen molar-refractivity contribution >= 4 is 55.7 Å². The summed E-state index contributed by atoms with van der Waals surface area (Å²) in [6.45, 7) is 0. The first kappa shape index (κ1) is 35.6. The Morgan fingerprint density at radius 2 is 0.717 bits per heavy atom. The molecule has 0 aromatic heterocycles. The largest absolute Gasteiger partial charge is 0.639 e. The first-order valence-electron chi connectivity index (χ1n) is 13.8. The van der Waals surface area contributed by atoms with Crippen molar-refractivity contribution in [2.75, 3.05) is 0 Å². The van der Waals surface area contributed by atoms with Crippen molar-refractivity contribution in [2.24, 2.45) is 0 Å². The topological polar surface area (TPSA) is 18.5 Å². The Bertz CT molecular complexity index is 2740. The van der Waals surface area contributed by atoms with Crippen LogP contribution in [0.3, 0.4) is 0 Å². The van der Waals surface area contributed by atoms with Crippen LogP contribution in [0, 0.1) is 105 Å². The zero-order chi connectivity index (χ0) is 38.9. The third-order valence-corrected chi connectivity index (χ3v) is 8.16. The van der Waals surface area contributed by atoms with E-state index >= 15 is 35.1 Å². The molecular weight excluding hydrogens is 769 g/mol. The second-order valence-corrected chi connectivity index (χ2v) is 10.9. The van der Waals surface area contributed by atoms with Crippen LogP contribution in [0.4, 0.5) is 79.0 Å². The fourth-order valence-electron chi connectivity index (χ4n) is 5.85. The average molecular weight is 772 g/mol. The lowest BCUT2D eigenvalue weighted by atomic mass is 9.76. The number of rotatable bonds is 5. The van der Waals surface area contributed by atoms with Crippen LogP contribution < -0.4 is 14.8 Å². The Morgan fingerprint density at radius 1 is 0.321 bits per heavy atom. The molecule has 7 aromatic rings. The molecule has 272 valence electrons. The molecule has 7 aromatic carbocycles. The molecule has 0 saturated heterocycles. The molecule has 0 aliphatic carbocycles. The van der Waals surface area contributed by atoms with E-state index in [9.17, 15) is 43.9 Å². The van der Waals surface area contributed by atoms with E-state index in [-0.39, 0.29) is 12.1 Å². The van der Waals surface area contributed by atoms with Gasteiger partial charge in [-0.05, 0) is 18.2 Å². The van der Waals surface area contributed by atoms with E-state index in [0.29, 0.717) is 6.07 Å². The number of benzene rings is 7. The molecule has 0 N–H and O–H groups in total. The van der Waals surface area contributed by atoms with Gasteiger partial charge in [0, 0.05) is 16.2 Å². The summed E-state index contributed by atoms with van der Waals surface area (Å²) < 4.78 is 277. The summed E-state index contributed by atoms with van der Waals surface area (Å²) in [4.78, 5) is 0. The Labute approximate surface area is 278 Å². The van der Waals surface area contributed by atoms with Gasteiger partial charge >= 0.3 is 7.12 Å². The van der Waals surface area contributed by atoms with Crippen molar-refractivity contribution in [1.82, 2.24) is 0 Å².